The highest BCUT2D eigenvalue weighted by Crippen LogP contribution is 2.25. The number of aromatic nitrogens is 1. The maximum absolute atomic E-state index is 12.2. The van der Waals surface area contributed by atoms with Crippen LogP contribution in [0.5, 0.6) is 0 Å². The quantitative estimate of drug-likeness (QED) is 0.849. The molecule has 2 heterocycles. The molecule has 7 nitrogen and oxygen atoms in total. The Morgan fingerprint density at radius 2 is 2.13 bits per heavy atom. The van der Waals surface area contributed by atoms with Crippen molar-refractivity contribution in [3.8, 4) is 0 Å². The molecule has 23 heavy (non-hydrogen) atoms. The van der Waals surface area contributed by atoms with Gasteiger partial charge in [0.1, 0.15) is 5.52 Å². The molecule has 0 radical (unpaired) electrons. The fourth-order valence-corrected chi connectivity index (χ4v) is 4.04. The maximum Gasteiger partial charge on any atom is 0.321 e. The van der Waals surface area contributed by atoms with Crippen molar-refractivity contribution in [2.45, 2.75) is 12.1 Å². The summed E-state index contributed by atoms with van der Waals surface area (Å²) in [6.07, 6.45) is 0. The summed E-state index contributed by atoms with van der Waals surface area (Å²) >= 11 is 1.51. The van der Waals surface area contributed by atoms with Gasteiger partial charge >= 0.3 is 6.03 Å². The number of hydrogen-bond acceptors (Lipinski definition) is 6. The third-order valence-electron chi connectivity index (χ3n) is 3.52. The summed E-state index contributed by atoms with van der Waals surface area (Å²) in [5.41, 5.74) is 1.95. The van der Waals surface area contributed by atoms with Crippen LogP contribution in [-0.2, 0) is 9.84 Å². The van der Waals surface area contributed by atoms with Gasteiger partial charge in [0, 0.05) is 24.8 Å². The molecular weight excluding hydrogens is 338 g/mol. The number of carbonyl (C=O) groups is 1. The van der Waals surface area contributed by atoms with E-state index in [0.29, 0.717) is 16.5 Å². The minimum Gasteiger partial charge on any atom is -0.431 e. The first-order chi connectivity index (χ1) is 11.0. The number of hydrogen-bond donors (Lipinski definition) is 1. The van der Waals surface area contributed by atoms with Gasteiger partial charge in [-0.1, -0.05) is 18.7 Å². The number of rotatable bonds is 3. The smallest absolute Gasteiger partial charge is 0.321 e. The molecule has 0 atom stereocenters. The average molecular weight is 355 g/mol. The van der Waals surface area contributed by atoms with Gasteiger partial charge in [0.2, 0.25) is 0 Å². The number of amides is 2. The minimum absolute atomic E-state index is 0.0131. The summed E-state index contributed by atoms with van der Waals surface area (Å²) in [6, 6.07) is 4.96. The number of benzene rings is 1. The summed E-state index contributed by atoms with van der Waals surface area (Å²) in [5.74, 6) is 0.895. The van der Waals surface area contributed by atoms with Crippen molar-refractivity contribution >= 4 is 44.4 Å². The topological polar surface area (TPSA) is 92.5 Å². The van der Waals surface area contributed by atoms with E-state index in [2.05, 4.69) is 10.3 Å². The first-order valence-corrected chi connectivity index (χ1v) is 10.1. The van der Waals surface area contributed by atoms with E-state index in [9.17, 15) is 13.2 Å². The molecule has 0 bridgehead atoms. The van der Waals surface area contributed by atoms with Crippen molar-refractivity contribution in [1.82, 2.24) is 9.88 Å². The van der Waals surface area contributed by atoms with Gasteiger partial charge in [0.05, 0.1) is 11.5 Å². The Morgan fingerprint density at radius 3 is 2.83 bits per heavy atom. The number of nitrogens with one attached hydrogen (secondary N) is 1. The molecule has 0 unspecified atom stereocenters. The van der Waals surface area contributed by atoms with Gasteiger partial charge in [-0.25, -0.2) is 18.2 Å². The van der Waals surface area contributed by atoms with Crippen LogP contribution in [0.25, 0.3) is 11.1 Å². The zero-order valence-electron chi connectivity index (χ0n) is 12.6. The van der Waals surface area contributed by atoms with Gasteiger partial charge in [-0.2, -0.15) is 0 Å². The van der Waals surface area contributed by atoms with Crippen molar-refractivity contribution in [1.29, 1.82) is 0 Å². The molecule has 0 aliphatic carbocycles. The van der Waals surface area contributed by atoms with E-state index in [0.717, 1.165) is 11.3 Å². The lowest BCUT2D eigenvalue weighted by Gasteiger charge is -2.26. The Hall–Kier alpha value is -1.74. The highest BCUT2D eigenvalue weighted by molar-refractivity contribution is 7.99. The van der Waals surface area contributed by atoms with Crippen LogP contribution in [0, 0.1) is 0 Å². The molecular formula is C14H17N3O4S2. The van der Waals surface area contributed by atoms with Gasteiger partial charge in [-0.3, -0.25) is 0 Å². The van der Waals surface area contributed by atoms with Gasteiger partial charge in [-0.05, 0) is 17.9 Å². The van der Waals surface area contributed by atoms with Crippen molar-refractivity contribution < 1.29 is 17.6 Å². The van der Waals surface area contributed by atoms with Crippen LogP contribution in [0.15, 0.2) is 27.8 Å². The Kier molecular flexibility index (Phi) is 4.49. The standard InChI is InChI=1S/C14H17N3O4S2/c1-2-22-14-16-11-4-3-10(9-12(11)21-14)15-13(18)17-5-7-23(19,20)8-6-17/h3-4,9H,2,5-8H2,1H3,(H,15,18). The molecule has 9 heteroatoms. The van der Waals surface area contributed by atoms with E-state index in [4.69, 9.17) is 4.42 Å². The summed E-state index contributed by atoms with van der Waals surface area (Å²) in [4.78, 5) is 18.0. The number of anilines is 1. The molecule has 2 aromatic rings. The van der Waals surface area contributed by atoms with E-state index in [1.165, 1.54) is 16.7 Å². The molecule has 124 valence electrons. The zero-order chi connectivity index (χ0) is 16.4. The van der Waals surface area contributed by atoms with Crippen LogP contribution < -0.4 is 5.32 Å². The molecule has 1 aliphatic heterocycles. The lowest BCUT2D eigenvalue weighted by molar-refractivity contribution is 0.216. The predicted molar refractivity (Wildman–Crippen MR) is 89.7 cm³/mol. The fourth-order valence-electron chi connectivity index (χ4n) is 2.28. The van der Waals surface area contributed by atoms with E-state index in [1.807, 2.05) is 6.92 Å². The van der Waals surface area contributed by atoms with Gasteiger partial charge in [-0.15, -0.1) is 0 Å². The maximum atomic E-state index is 12.2. The molecule has 1 fully saturated rings. The summed E-state index contributed by atoms with van der Waals surface area (Å²) in [6.45, 7) is 2.45. The van der Waals surface area contributed by atoms with Gasteiger partial charge < -0.3 is 14.6 Å². The van der Waals surface area contributed by atoms with Gasteiger partial charge in [0.15, 0.2) is 15.4 Å². The van der Waals surface area contributed by atoms with Crippen LogP contribution in [0.2, 0.25) is 0 Å². The second-order valence-corrected chi connectivity index (χ2v) is 8.68. The molecule has 2 amide bonds. The first kappa shape index (κ1) is 16.1. The second-order valence-electron chi connectivity index (χ2n) is 5.16. The van der Waals surface area contributed by atoms with E-state index in [1.54, 1.807) is 18.2 Å². The van der Waals surface area contributed by atoms with Crippen LogP contribution in [0.3, 0.4) is 0 Å². The van der Waals surface area contributed by atoms with Gasteiger partial charge in [0.25, 0.3) is 5.22 Å². The van der Waals surface area contributed by atoms with Crippen molar-refractivity contribution in [3.63, 3.8) is 0 Å². The lowest BCUT2D eigenvalue weighted by Crippen LogP contribution is -2.45. The van der Waals surface area contributed by atoms with Crippen molar-refractivity contribution in [3.05, 3.63) is 18.2 Å². The van der Waals surface area contributed by atoms with Crippen LogP contribution in [0.1, 0.15) is 6.92 Å². The molecule has 3 rings (SSSR count). The first-order valence-electron chi connectivity index (χ1n) is 7.26. The third-order valence-corrected chi connectivity index (χ3v) is 5.84. The Bertz CT molecular complexity index is 818. The Labute approximate surface area is 138 Å². The summed E-state index contributed by atoms with van der Waals surface area (Å²) < 4.78 is 28.4. The molecule has 1 saturated heterocycles. The molecule has 1 N–H and O–H groups in total. The number of thioether (sulfide) groups is 1. The zero-order valence-corrected chi connectivity index (χ0v) is 14.2. The summed E-state index contributed by atoms with van der Waals surface area (Å²) in [5, 5.41) is 3.37. The number of oxazole rings is 1. The number of carbonyl (C=O) groups excluding carboxylic acids is 1. The summed E-state index contributed by atoms with van der Waals surface area (Å²) in [7, 11) is -3.00. The number of sulfone groups is 1. The SMILES string of the molecule is CCSc1nc2ccc(NC(=O)N3CCS(=O)(=O)CC3)cc2o1. The highest BCUT2D eigenvalue weighted by atomic mass is 32.2. The molecule has 1 aliphatic rings. The second kappa shape index (κ2) is 6.40. The lowest BCUT2D eigenvalue weighted by atomic mass is 10.3. The Morgan fingerprint density at radius 1 is 1.39 bits per heavy atom. The minimum atomic E-state index is -3.00. The van der Waals surface area contributed by atoms with Crippen LogP contribution >= 0.6 is 11.8 Å². The third kappa shape index (κ3) is 3.78. The van der Waals surface area contributed by atoms with Crippen molar-refractivity contribution in [2.24, 2.45) is 0 Å². The van der Waals surface area contributed by atoms with Crippen LogP contribution in [-0.4, -0.2) is 54.7 Å². The normalized spacial score (nSPS) is 17.3. The van der Waals surface area contributed by atoms with Crippen molar-refractivity contribution in [2.75, 3.05) is 35.7 Å². The largest absolute Gasteiger partial charge is 0.431 e. The monoisotopic (exact) mass is 355 g/mol. The predicted octanol–water partition coefficient (Wildman–Crippen LogP) is 2.20. The molecule has 1 aromatic carbocycles. The Balaban J connectivity index is 1.70. The number of nitrogens with zero attached hydrogens (tertiary/aromatic N) is 2. The van der Waals surface area contributed by atoms with E-state index >= 15 is 0 Å². The molecule has 1 aromatic heterocycles. The highest BCUT2D eigenvalue weighted by Gasteiger charge is 2.25. The molecule has 0 spiro atoms. The van der Waals surface area contributed by atoms with E-state index < -0.39 is 9.84 Å². The molecule has 0 saturated carbocycles. The number of urea groups is 1. The number of fused-ring (bicyclic) bond motifs is 1. The van der Waals surface area contributed by atoms with E-state index in [-0.39, 0.29) is 30.6 Å². The fraction of sp³-hybridized carbons (Fsp3) is 0.429. The average Bonchev–Trinajstić information content (AvgIpc) is 2.89. The van der Waals surface area contributed by atoms with Crippen LogP contribution in [0.4, 0.5) is 10.5 Å².